The molecule has 1 fully saturated rings. The first-order valence-electron chi connectivity index (χ1n) is 7.30. The van der Waals surface area contributed by atoms with Crippen molar-refractivity contribution in [1.29, 1.82) is 0 Å². The lowest BCUT2D eigenvalue weighted by Gasteiger charge is -2.44. The molecule has 0 aromatic heterocycles. The van der Waals surface area contributed by atoms with E-state index in [-0.39, 0.29) is 0 Å². The number of rotatable bonds is 3. The lowest BCUT2D eigenvalue weighted by atomic mass is 9.81. The van der Waals surface area contributed by atoms with Crippen molar-refractivity contribution in [2.75, 3.05) is 6.54 Å². The van der Waals surface area contributed by atoms with E-state index in [1.807, 2.05) is 5.32 Å². The van der Waals surface area contributed by atoms with Crippen molar-refractivity contribution in [3.8, 4) is 0 Å². The minimum Gasteiger partial charge on any atom is -0.465 e. The van der Waals surface area contributed by atoms with Crippen molar-refractivity contribution in [2.45, 2.75) is 64.2 Å². The van der Waals surface area contributed by atoms with Crippen molar-refractivity contribution in [3.05, 3.63) is 0 Å². The number of amides is 2. The zero-order valence-corrected chi connectivity index (χ0v) is 13.0. The van der Waals surface area contributed by atoms with Crippen molar-refractivity contribution in [3.63, 3.8) is 0 Å². The molecule has 0 bridgehead atoms. The summed E-state index contributed by atoms with van der Waals surface area (Å²) in [5.41, 5.74) is -0.726. The van der Waals surface area contributed by atoms with Gasteiger partial charge in [-0.3, -0.25) is 9.69 Å². The van der Waals surface area contributed by atoms with Crippen LogP contribution in [0.2, 0.25) is 0 Å². The second-order valence-electron chi connectivity index (χ2n) is 6.61. The molecule has 8 heteroatoms. The van der Waals surface area contributed by atoms with Crippen molar-refractivity contribution in [2.24, 2.45) is 5.92 Å². The van der Waals surface area contributed by atoms with E-state index in [0.29, 0.717) is 19.3 Å². The Morgan fingerprint density at radius 1 is 1.18 bits per heavy atom. The van der Waals surface area contributed by atoms with Crippen LogP contribution in [0.4, 0.5) is 18.0 Å². The molecule has 0 spiro atoms. The highest BCUT2D eigenvalue weighted by Gasteiger charge is 2.42. The van der Waals surface area contributed by atoms with E-state index in [4.69, 9.17) is 0 Å². The van der Waals surface area contributed by atoms with Gasteiger partial charge in [-0.05, 0) is 33.6 Å². The van der Waals surface area contributed by atoms with Gasteiger partial charge in [0.15, 0.2) is 0 Å². The number of hydrogen-bond acceptors (Lipinski definition) is 2. The average molecular weight is 324 g/mol. The molecule has 1 aliphatic carbocycles. The first kappa shape index (κ1) is 18.6. The second kappa shape index (κ2) is 6.75. The summed E-state index contributed by atoms with van der Waals surface area (Å²) in [7, 11) is 0. The van der Waals surface area contributed by atoms with Crippen LogP contribution in [-0.4, -0.2) is 46.3 Å². The summed E-state index contributed by atoms with van der Waals surface area (Å²) in [5, 5.41) is 11.3. The van der Waals surface area contributed by atoms with E-state index in [0.717, 1.165) is 6.42 Å². The molecule has 0 aromatic rings. The standard InChI is InChI=1S/C14H23F3N2O3/c1-13(2,3)19(12(21)22)10-7-5-4-6-9(10)11(20)18-8-14(15,16)17/h9-10H,4-8H2,1-3H3,(H,18,20)(H,21,22)/t9-,10+/m0/s1. The summed E-state index contributed by atoms with van der Waals surface area (Å²) >= 11 is 0. The number of carbonyl (C=O) groups is 2. The fraction of sp³-hybridized carbons (Fsp3) is 0.857. The number of carbonyl (C=O) groups excluding carboxylic acids is 1. The minimum absolute atomic E-state index is 0.397. The van der Waals surface area contributed by atoms with Gasteiger partial charge in [0.1, 0.15) is 6.54 Å². The number of alkyl halides is 3. The van der Waals surface area contributed by atoms with Gasteiger partial charge in [0.05, 0.1) is 5.92 Å². The number of halogens is 3. The van der Waals surface area contributed by atoms with Gasteiger partial charge in [-0.2, -0.15) is 13.2 Å². The Balaban J connectivity index is 2.90. The van der Waals surface area contributed by atoms with Crippen LogP contribution in [0.5, 0.6) is 0 Å². The zero-order valence-electron chi connectivity index (χ0n) is 13.0. The number of hydrogen-bond donors (Lipinski definition) is 2. The summed E-state index contributed by atoms with van der Waals surface area (Å²) in [6.07, 6.45) is -3.29. The molecule has 2 N–H and O–H groups in total. The maximum absolute atomic E-state index is 12.2. The zero-order chi connectivity index (χ0) is 17.1. The quantitative estimate of drug-likeness (QED) is 0.838. The van der Waals surface area contributed by atoms with E-state index < -0.39 is 42.2 Å². The molecule has 2 amide bonds. The third-order valence-electron chi connectivity index (χ3n) is 3.79. The monoisotopic (exact) mass is 324 g/mol. The van der Waals surface area contributed by atoms with Gasteiger partial charge in [0, 0.05) is 11.6 Å². The van der Waals surface area contributed by atoms with Gasteiger partial charge in [-0.15, -0.1) is 0 Å². The summed E-state index contributed by atoms with van der Waals surface area (Å²) in [6.45, 7) is 3.73. The molecule has 0 radical (unpaired) electrons. The SMILES string of the molecule is CC(C)(C)N(C(=O)O)[C@@H]1CCCC[C@@H]1C(=O)NCC(F)(F)F. The van der Waals surface area contributed by atoms with E-state index in [9.17, 15) is 27.9 Å². The Morgan fingerprint density at radius 2 is 1.73 bits per heavy atom. The van der Waals surface area contributed by atoms with E-state index >= 15 is 0 Å². The van der Waals surface area contributed by atoms with E-state index in [2.05, 4.69) is 0 Å². The molecule has 0 aromatic carbocycles. The Labute approximate surface area is 127 Å². The molecule has 1 rings (SSSR count). The van der Waals surface area contributed by atoms with Crippen LogP contribution in [0.3, 0.4) is 0 Å². The van der Waals surface area contributed by atoms with E-state index in [1.54, 1.807) is 20.8 Å². The summed E-state index contributed by atoms with van der Waals surface area (Å²) in [6, 6.07) is -0.598. The molecular formula is C14H23F3N2O3. The molecule has 0 aliphatic heterocycles. The van der Waals surface area contributed by atoms with Gasteiger partial charge in [0.25, 0.3) is 0 Å². The smallest absolute Gasteiger partial charge is 0.408 e. The molecule has 22 heavy (non-hydrogen) atoms. The lowest BCUT2D eigenvalue weighted by molar-refractivity contribution is -0.143. The summed E-state index contributed by atoms with van der Waals surface area (Å²) in [4.78, 5) is 24.8. The number of carboxylic acid groups (broad SMARTS) is 1. The lowest BCUT2D eigenvalue weighted by Crippen LogP contribution is -2.57. The first-order chi connectivity index (χ1) is 9.93. The van der Waals surface area contributed by atoms with Crippen LogP contribution in [0.1, 0.15) is 46.5 Å². The summed E-state index contributed by atoms with van der Waals surface area (Å²) < 4.78 is 36.7. The fourth-order valence-electron chi connectivity index (χ4n) is 2.97. The first-order valence-corrected chi connectivity index (χ1v) is 7.30. The molecule has 1 saturated carbocycles. The van der Waals surface area contributed by atoms with Crippen LogP contribution >= 0.6 is 0 Å². The molecule has 0 unspecified atom stereocenters. The molecular weight excluding hydrogens is 301 g/mol. The number of nitrogens with one attached hydrogen (secondary N) is 1. The number of nitrogens with zero attached hydrogens (tertiary/aromatic N) is 1. The molecule has 2 atom stereocenters. The molecule has 0 heterocycles. The van der Waals surface area contributed by atoms with Crippen LogP contribution in [0, 0.1) is 5.92 Å². The largest absolute Gasteiger partial charge is 0.465 e. The second-order valence-corrected chi connectivity index (χ2v) is 6.61. The maximum Gasteiger partial charge on any atom is 0.408 e. The Morgan fingerprint density at radius 3 is 2.18 bits per heavy atom. The van der Waals surface area contributed by atoms with Crippen molar-refractivity contribution < 1.29 is 27.9 Å². The predicted molar refractivity (Wildman–Crippen MR) is 74.4 cm³/mol. The van der Waals surface area contributed by atoms with Gasteiger partial charge in [-0.1, -0.05) is 12.8 Å². The van der Waals surface area contributed by atoms with Crippen LogP contribution in [0.25, 0.3) is 0 Å². The third-order valence-corrected chi connectivity index (χ3v) is 3.79. The maximum atomic E-state index is 12.2. The van der Waals surface area contributed by atoms with Crippen molar-refractivity contribution in [1.82, 2.24) is 10.2 Å². The summed E-state index contributed by atoms with van der Waals surface area (Å²) in [5.74, 6) is -1.47. The van der Waals surface area contributed by atoms with Gasteiger partial charge in [0.2, 0.25) is 5.91 Å². The fourth-order valence-corrected chi connectivity index (χ4v) is 2.97. The molecule has 5 nitrogen and oxygen atoms in total. The average Bonchev–Trinajstić information content (AvgIpc) is 2.33. The van der Waals surface area contributed by atoms with Gasteiger partial charge in [-0.25, -0.2) is 4.79 Å². The van der Waals surface area contributed by atoms with Crippen LogP contribution in [0.15, 0.2) is 0 Å². The van der Waals surface area contributed by atoms with Crippen LogP contribution < -0.4 is 5.32 Å². The Hall–Kier alpha value is -1.47. The molecule has 1 aliphatic rings. The van der Waals surface area contributed by atoms with Crippen LogP contribution in [-0.2, 0) is 4.79 Å². The molecule has 0 saturated heterocycles. The van der Waals surface area contributed by atoms with Gasteiger partial charge >= 0.3 is 12.3 Å². The molecule has 128 valence electrons. The highest BCUT2D eigenvalue weighted by molar-refractivity contribution is 5.80. The van der Waals surface area contributed by atoms with E-state index in [1.165, 1.54) is 4.90 Å². The Bertz CT molecular complexity index is 419. The minimum atomic E-state index is -4.48. The Kier molecular flexibility index (Phi) is 5.70. The third kappa shape index (κ3) is 5.06. The van der Waals surface area contributed by atoms with Crippen molar-refractivity contribution >= 4 is 12.0 Å². The topological polar surface area (TPSA) is 69.6 Å². The van der Waals surface area contributed by atoms with Gasteiger partial charge < -0.3 is 10.4 Å². The normalized spacial score (nSPS) is 23.0. The highest BCUT2D eigenvalue weighted by atomic mass is 19.4. The predicted octanol–water partition coefficient (Wildman–Crippen LogP) is 3.00. The highest BCUT2D eigenvalue weighted by Crippen LogP contribution is 2.33.